The van der Waals surface area contributed by atoms with Crippen molar-refractivity contribution in [1.29, 1.82) is 0 Å². The van der Waals surface area contributed by atoms with E-state index in [0.717, 1.165) is 38.5 Å². The number of carboxylic acids is 1. The molecule has 1 N–H and O–H groups in total. The van der Waals surface area contributed by atoms with Crippen LogP contribution in [0, 0.1) is 0 Å². The monoisotopic (exact) mass is 306 g/mol. The van der Waals surface area contributed by atoms with Crippen molar-refractivity contribution in [3.8, 4) is 0 Å². The first-order chi connectivity index (χ1) is 10.8. The molecular formula is C20H34O2. The Morgan fingerprint density at radius 2 is 1.14 bits per heavy atom. The van der Waals surface area contributed by atoms with E-state index < -0.39 is 5.97 Å². The highest BCUT2D eigenvalue weighted by molar-refractivity contribution is 5.66. The molecule has 0 amide bonds. The smallest absolute Gasteiger partial charge is 0.303 e. The summed E-state index contributed by atoms with van der Waals surface area (Å²) >= 11 is 0. The van der Waals surface area contributed by atoms with E-state index in [1.165, 1.54) is 32.1 Å². The van der Waals surface area contributed by atoms with Crippen LogP contribution in [-0.2, 0) is 4.79 Å². The first-order valence-electron chi connectivity index (χ1n) is 8.94. The maximum atomic E-state index is 10.3. The van der Waals surface area contributed by atoms with E-state index in [2.05, 4.69) is 43.4 Å². The molecule has 2 heteroatoms. The predicted octanol–water partition coefficient (Wildman–Crippen LogP) is 6.44. The van der Waals surface area contributed by atoms with Crippen LogP contribution in [0.1, 0.15) is 84.0 Å². The number of hydrogen-bond acceptors (Lipinski definition) is 1. The second-order valence-electron chi connectivity index (χ2n) is 5.68. The zero-order chi connectivity index (χ0) is 16.3. The van der Waals surface area contributed by atoms with E-state index in [0.29, 0.717) is 6.42 Å². The molecule has 0 atom stereocenters. The number of rotatable bonds is 15. The summed E-state index contributed by atoms with van der Waals surface area (Å²) in [5.74, 6) is -0.679. The summed E-state index contributed by atoms with van der Waals surface area (Å²) in [6, 6.07) is 0. The molecule has 0 fully saturated rings. The average Bonchev–Trinajstić information content (AvgIpc) is 2.50. The minimum atomic E-state index is -0.679. The maximum Gasteiger partial charge on any atom is 0.303 e. The third kappa shape index (κ3) is 18.7. The molecular weight excluding hydrogens is 272 g/mol. The lowest BCUT2D eigenvalue weighted by atomic mass is 10.1. The lowest BCUT2D eigenvalue weighted by Gasteiger charge is -1.96. The van der Waals surface area contributed by atoms with Crippen LogP contribution in [0.15, 0.2) is 36.5 Å². The molecule has 0 aliphatic heterocycles. The third-order valence-corrected chi connectivity index (χ3v) is 3.49. The fourth-order valence-corrected chi connectivity index (χ4v) is 2.19. The quantitative estimate of drug-likeness (QED) is 0.279. The van der Waals surface area contributed by atoms with Crippen LogP contribution >= 0.6 is 0 Å². The third-order valence-electron chi connectivity index (χ3n) is 3.49. The first kappa shape index (κ1) is 20.7. The van der Waals surface area contributed by atoms with Gasteiger partial charge in [0.2, 0.25) is 0 Å². The molecule has 0 aliphatic rings. The minimum Gasteiger partial charge on any atom is -0.481 e. The molecule has 0 aromatic carbocycles. The molecule has 0 saturated heterocycles. The van der Waals surface area contributed by atoms with Crippen molar-refractivity contribution in [1.82, 2.24) is 0 Å². The summed E-state index contributed by atoms with van der Waals surface area (Å²) in [6.07, 6.45) is 26.3. The van der Waals surface area contributed by atoms with E-state index in [9.17, 15) is 4.79 Å². The van der Waals surface area contributed by atoms with Crippen LogP contribution in [0.25, 0.3) is 0 Å². The molecule has 2 nitrogen and oxygen atoms in total. The van der Waals surface area contributed by atoms with Crippen molar-refractivity contribution >= 4 is 5.97 Å². The van der Waals surface area contributed by atoms with E-state index >= 15 is 0 Å². The standard InChI is InChI=1S/C20H34O2/c1-2-3-4-5-6-7-8-9-10-11-12-13-14-15-16-17-18-19-20(21)22/h3-4,7-8,13-14H,2,5-6,9-12,15-19H2,1H3,(H,21,22)/b4-3-,8-7+,14-13+. The van der Waals surface area contributed by atoms with Gasteiger partial charge in [0.05, 0.1) is 0 Å². The number of unbranched alkanes of at least 4 members (excludes halogenated alkanes) is 7. The summed E-state index contributed by atoms with van der Waals surface area (Å²) in [5.41, 5.74) is 0. The highest BCUT2D eigenvalue weighted by Crippen LogP contribution is 2.06. The highest BCUT2D eigenvalue weighted by atomic mass is 16.4. The Balaban J connectivity index is 3.21. The van der Waals surface area contributed by atoms with Gasteiger partial charge < -0.3 is 5.11 Å². The van der Waals surface area contributed by atoms with Crippen molar-refractivity contribution in [2.45, 2.75) is 84.0 Å². The molecule has 0 unspecified atom stereocenters. The van der Waals surface area contributed by atoms with Gasteiger partial charge in [0.1, 0.15) is 0 Å². The molecule has 0 spiro atoms. The number of hydrogen-bond donors (Lipinski definition) is 1. The average molecular weight is 306 g/mol. The van der Waals surface area contributed by atoms with Gasteiger partial charge in [-0.25, -0.2) is 0 Å². The van der Waals surface area contributed by atoms with E-state index in [1.807, 2.05) is 0 Å². The van der Waals surface area contributed by atoms with Crippen molar-refractivity contribution in [3.05, 3.63) is 36.5 Å². The Labute approximate surface area is 137 Å². The molecule has 22 heavy (non-hydrogen) atoms. The van der Waals surface area contributed by atoms with Gasteiger partial charge in [0.15, 0.2) is 0 Å². The lowest BCUT2D eigenvalue weighted by Crippen LogP contribution is -1.93. The van der Waals surface area contributed by atoms with Crippen molar-refractivity contribution < 1.29 is 9.90 Å². The van der Waals surface area contributed by atoms with Crippen molar-refractivity contribution in [2.75, 3.05) is 0 Å². The zero-order valence-electron chi connectivity index (χ0n) is 14.3. The Bertz CT molecular complexity index is 327. The topological polar surface area (TPSA) is 37.3 Å². The summed E-state index contributed by atoms with van der Waals surface area (Å²) in [6.45, 7) is 2.17. The summed E-state index contributed by atoms with van der Waals surface area (Å²) in [4.78, 5) is 10.3. The zero-order valence-corrected chi connectivity index (χ0v) is 14.3. The molecule has 0 rings (SSSR count). The van der Waals surface area contributed by atoms with Crippen molar-refractivity contribution in [3.63, 3.8) is 0 Å². The van der Waals surface area contributed by atoms with E-state index in [1.54, 1.807) is 0 Å². The number of carboxylic acid groups (broad SMARTS) is 1. The summed E-state index contributed by atoms with van der Waals surface area (Å²) < 4.78 is 0. The fourth-order valence-electron chi connectivity index (χ4n) is 2.19. The molecule has 0 bridgehead atoms. The van der Waals surface area contributed by atoms with Crippen LogP contribution < -0.4 is 0 Å². The molecule has 0 heterocycles. The van der Waals surface area contributed by atoms with Crippen LogP contribution in [0.5, 0.6) is 0 Å². The number of carbonyl (C=O) groups is 1. The van der Waals surface area contributed by atoms with Crippen LogP contribution in [0.4, 0.5) is 0 Å². The predicted molar refractivity (Wildman–Crippen MR) is 96.1 cm³/mol. The maximum absolute atomic E-state index is 10.3. The summed E-state index contributed by atoms with van der Waals surface area (Å²) in [7, 11) is 0. The van der Waals surface area contributed by atoms with Gasteiger partial charge in [-0.15, -0.1) is 0 Å². The molecule has 0 aliphatic carbocycles. The molecule has 0 aromatic heterocycles. The van der Waals surface area contributed by atoms with E-state index in [-0.39, 0.29) is 0 Å². The van der Waals surface area contributed by atoms with Gasteiger partial charge in [-0.05, 0) is 64.2 Å². The van der Waals surface area contributed by atoms with Crippen LogP contribution in [-0.4, -0.2) is 11.1 Å². The molecule has 126 valence electrons. The Morgan fingerprint density at radius 3 is 1.64 bits per heavy atom. The SMILES string of the molecule is CC/C=C\CC/C=C/CCCC/C=C/CCCCCC(=O)O. The fraction of sp³-hybridized carbons (Fsp3) is 0.650. The van der Waals surface area contributed by atoms with Gasteiger partial charge in [0.25, 0.3) is 0 Å². The van der Waals surface area contributed by atoms with Gasteiger partial charge in [-0.2, -0.15) is 0 Å². The summed E-state index contributed by atoms with van der Waals surface area (Å²) in [5, 5.41) is 8.52. The largest absolute Gasteiger partial charge is 0.481 e. The first-order valence-corrected chi connectivity index (χ1v) is 8.94. The van der Waals surface area contributed by atoms with Gasteiger partial charge >= 0.3 is 5.97 Å². The minimum absolute atomic E-state index is 0.312. The number of allylic oxidation sites excluding steroid dienone is 6. The van der Waals surface area contributed by atoms with Crippen LogP contribution in [0.2, 0.25) is 0 Å². The van der Waals surface area contributed by atoms with Crippen molar-refractivity contribution in [2.24, 2.45) is 0 Å². The highest BCUT2D eigenvalue weighted by Gasteiger charge is 1.94. The Morgan fingerprint density at radius 1 is 0.682 bits per heavy atom. The lowest BCUT2D eigenvalue weighted by molar-refractivity contribution is -0.137. The molecule has 0 saturated carbocycles. The van der Waals surface area contributed by atoms with E-state index in [4.69, 9.17) is 5.11 Å². The van der Waals surface area contributed by atoms with Gasteiger partial charge in [-0.3, -0.25) is 4.79 Å². The molecule has 0 radical (unpaired) electrons. The van der Waals surface area contributed by atoms with Crippen LogP contribution in [0.3, 0.4) is 0 Å². The second-order valence-corrected chi connectivity index (χ2v) is 5.68. The van der Waals surface area contributed by atoms with Gasteiger partial charge in [-0.1, -0.05) is 49.8 Å². The molecule has 0 aromatic rings. The number of aliphatic carboxylic acids is 1. The normalized spacial score (nSPS) is 12.0. The Kier molecular flexibility index (Phi) is 16.7. The second kappa shape index (κ2) is 17.7. The van der Waals surface area contributed by atoms with Gasteiger partial charge in [0, 0.05) is 6.42 Å². The Hall–Kier alpha value is -1.31.